The van der Waals surface area contributed by atoms with Crippen LogP contribution in [0.4, 0.5) is 5.69 Å². The van der Waals surface area contributed by atoms with Gasteiger partial charge in [0.05, 0.1) is 12.2 Å². The van der Waals surface area contributed by atoms with Gasteiger partial charge in [0, 0.05) is 11.7 Å². The first-order chi connectivity index (χ1) is 9.19. The summed E-state index contributed by atoms with van der Waals surface area (Å²) in [6.07, 6.45) is 5.13. The van der Waals surface area contributed by atoms with Crippen molar-refractivity contribution in [1.29, 1.82) is 0 Å². The van der Waals surface area contributed by atoms with Gasteiger partial charge in [0.1, 0.15) is 0 Å². The summed E-state index contributed by atoms with van der Waals surface area (Å²) >= 11 is 0. The largest absolute Gasteiger partial charge is 0.462 e. The van der Waals surface area contributed by atoms with Crippen LogP contribution in [0.3, 0.4) is 0 Å². The van der Waals surface area contributed by atoms with Gasteiger partial charge >= 0.3 is 5.97 Å². The van der Waals surface area contributed by atoms with Crippen molar-refractivity contribution in [2.45, 2.75) is 45.6 Å². The number of ether oxygens (including phenoxy) is 1. The number of esters is 1. The molecule has 3 nitrogen and oxygen atoms in total. The normalized spacial score (nSPS) is 22.8. The molecule has 2 atom stereocenters. The molecule has 1 aromatic rings. The molecule has 2 unspecified atom stereocenters. The van der Waals surface area contributed by atoms with Crippen LogP contribution in [0, 0.1) is 5.92 Å². The molecule has 3 heteroatoms. The van der Waals surface area contributed by atoms with E-state index in [4.69, 9.17) is 4.74 Å². The van der Waals surface area contributed by atoms with Gasteiger partial charge in [0.2, 0.25) is 0 Å². The van der Waals surface area contributed by atoms with E-state index in [0.29, 0.717) is 18.2 Å². The third kappa shape index (κ3) is 3.98. The van der Waals surface area contributed by atoms with Crippen molar-refractivity contribution >= 4 is 11.7 Å². The lowest BCUT2D eigenvalue weighted by Gasteiger charge is -2.28. The number of nitrogens with one attached hydrogen (secondary N) is 1. The lowest BCUT2D eigenvalue weighted by atomic mass is 9.87. The summed E-state index contributed by atoms with van der Waals surface area (Å²) in [6.45, 7) is 4.55. The second-order valence-corrected chi connectivity index (χ2v) is 5.41. The molecule has 0 spiro atoms. The minimum absolute atomic E-state index is 0.250. The minimum Gasteiger partial charge on any atom is -0.462 e. The number of hydrogen-bond donors (Lipinski definition) is 1. The first-order valence-electron chi connectivity index (χ1n) is 7.22. The average Bonchev–Trinajstić information content (AvgIpc) is 2.40. The van der Waals surface area contributed by atoms with Gasteiger partial charge in [0.25, 0.3) is 0 Å². The highest BCUT2D eigenvalue weighted by atomic mass is 16.5. The molecule has 19 heavy (non-hydrogen) atoms. The lowest BCUT2D eigenvalue weighted by Crippen LogP contribution is -2.26. The SMILES string of the molecule is CCOC(=O)c1ccc(NC2CCCC(C)C2)cc1. The van der Waals surface area contributed by atoms with Crippen LogP contribution in [0.15, 0.2) is 24.3 Å². The summed E-state index contributed by atoms with van der Waals surface area (Å²) in [6, 6.07) is 8.15. The maximum atomic E-state index is 11.5. The first-order valence-corrected chi connectivity index (χ1v) is 7.22. The van der Waals surface area contributed by atoms with Gasteiger partial charge in [-0.1, -0.05) is 19.8 Å². The molecule has 1 fully saturated rings. The Morgan fingerprint density at radius 3 is 2.68 bits per heavy atom. The average molecular weight is 261 g/mol. The summed E-state index contributed by atoms with van der Waals surface area (Å²) in [4.78, 5) is 11.5. The van der Waals surface area contributed by atoms with Crippen LogP contribution in [-0.2, 0) is 4.74 Å². The summed E-state index contributed by atoms with van der Waals surface area (Å²) in [5, 5.41) is 3.56. The summed E-state index contributed by atoms with van der Waals surface area (Å²) in [7, 11) is 0. The third-order valence-electron chi connectivity index (χ3n) is 3.70. The molecule has 0 amide bonds. The zero-order valence-corrected chi connectivity index (χ0v) is 11.8. The van der Waals surface area contributed by atoms with Crippen LogP contribution in [-0.4, -0.2) is 18.6 Å². The van der Waals surface area contributed by atoms with Crippen LogP contribution >= 0.6 is 0 Å². The van der Waals surface area contributed by atoms with Crippen LogP contribution in [0.25, 0.3) is 0 Å². The molecule has 0 saturated heterocycles. The number of benzene rings is 1. The highest BCUT2D eigenvalue weighted by Crippen LogP contribution is 2.26. The summed E-state index contributed by atoms with van der Waals surface area (Å²) in [5.41, 5.74) is 1.71. The summed E-state index contributed by atoms with van der Waals surface area (Å²) < 4.78 is 4.97. The van der Waals surface area contributed by atoms with Gasteiger partial charge in [-0.05, 0) is 49.9 Å². The van der Waals surface area contributed by atoms with Crippen molar-refractivity contribution in [3.8, 4) is 0 Å². The second-order valence-electron chi connectivity index (χ2n) is 5.41. The predicted molar refractivity (Wildman–Crippen MR) is 77.4 cm³/mol. The van der Waals surface area contributed by atoms with Gasteiger partial charge in [-0.3, -0.25) is 0 Å². The molecule has 1 aliphatic carbocycles. The Kier molecular flexibility index (Phi) is 4.83. The number of rotatable bonds is 4. The Bertz CT molecular complexity index is 413. The van der Waals surface area contributed by atoms with Gasteiger partial charge in [-0.25, -0.2) is 4.79 Å². The molecule has 0 aliphatic heterocycles. The van der Waals surface area contributed by atoms with Crippen LogP contribution < -0.4 is 5.32 Å². The number of anilines is 1. The molecule has 2 rings (SSSR count). The lowest BCUT2D eigenvalue weighted by molar-refractivity contribution is 0.0526. The first kappa shape index (κ1) is 13.9. The molecule has 0 aromatic heterocycles. The molecule has 1 aliphatic rings. The standard InChI is InChI=1S/C16H23NO2/c1-3-19-16(18)13-7-9-14(10-8-13)17-15-6-4-5-12(2)11-15/h7-10,12,15,17H,3-6,11H2,1-2H3. The molecule has 0 bridgehead atoms. The number of carbonyl (C=O) groups excluding carboxylic acids is 1. The number of hydrogen-bond acceptors (Lipinski definition) is 3. The van der Waals surface area contributed by atoms with E-state index in [1.54, 1.807) is 0 Å². The van der Waals surface area contributed by atoms with Gasteiger partial charge < -0.3 is 10.1 Å². The van der Waals surface area contributed by atoms with Gasteiger partial charge in [0.15, 0.2) is 0 Å². The molecule has 0 heterocycles. The molecular formula is C16H23NO2. The molecule has 1 aromatic carbocycles. The van der Waals surface area contributed by atoms with E-state index >= 15 is 0 Å². The fourth-order valence-corrected chi connectivity index (χ4v) is 2.72. The van der Waals surface area contributed by atoms with Crippen molar-refractivity contribution in [2.75, 3.05) is 11.9 Å². The van der Waals surface area contributed by atoms with Gasteiger partial charge in [-0.2, -0.15) is 0 Å². The van der Waals surface area contributed by atoms with E-state index in [-0.39, 0.29) is 5.97 Å². The van der Waals surface area contributed by atoms with E-state index in [1.165, 1.54) is 25.7 Å². The monoisotopic (exact) mass is 261 g/mol. The van der Waals surface area contributed by atoms with Crippen molar-refractivity contribution in [3.05, 3.63) is 29.8 Å². The van der Waals surface area contributed by atoms with E-state index in [2.05, 4.69) is 12.2 Å². The van der Waals surface area contributed by atoms with Crippen molar-refractivity contribution in [1.82, 2.24) is 0 Å². The Hall–Kier alpha value is -1.51. The second kappa shape index (κ2) is 6.60. The third-order valence-corrected chi connectivity index (χ3v) is 3.70. The summed E-state index contributed by atoms with van der Waals surface area (Å²) in [5.74, 6) is 0.561. The van der Waals surface area contributed by atoms with Crippen LogP contribution in [0.1, 0.15) is 49.9 Å². The van der Waals surface area contributed by atoms with E-state index in [1.807, 2.05) is 31.2 Å². The topological polar surface area (TPSA) is 38.3 Å². The predicted octanol–water partition coefficient (Wildman–Crippen LogP) is 3.85. The Morgan fingerprint density at radius 1 is 1.32 bits per heavy atom. The van der Waals surface area contributed by atoms with Gasteiger partial charge in [-0.15, -0.1) is 0 Å². The van der Waals surface area contributed by atoms with E-state index in [0.717, 1.165) is 11.6 Å². The smallest absolute Gasteiger partial charge is 0.338 e. The molecular weight excluding hydrogens is 238 g/mol. The minimum atomic E-state index is -0.250. The quantitative estimate of drug-likeness (QED) is 0.836. The zero-order valence-electron chi connectivity index (χ0n) is 11.8. The van der Waals surface area contributed by atoms with Crippen LogP contribution in [0.5, 0.6) is 0 Å². The van der Waals surface area contributed by atoms with E-state index < -0.39 is 0 Å². The highest BCUT2D eigenvalue weighted by Gasteiger charge is 2.18. The fraction of sp³-hybridized carbons (Fsp3) is 0.562. The van der Waals surface area contributed by atoms with Crippen molar-refractivity contribution in [3.63, 3.8) is 0 Å². The zero-order chi connectivity index (χ0) is 13.7. The Labute approximate surface area is 115 Å². The van der Waals surface area contributed by atoms with Crippen LogP contribution in [0.2, 0.25) is 0 Å². The maximum absolute atomic E-state index is 11.5. The molecule has 104 valence electrons. The molecule has 1 saturated carbocycles. The van der Waals surface area contributed by atoms with Crippen molar-refractivity contribution in [2.24, 2.45) is 5.92 Å². The number of carbonyl (C=O) groups is 1. The molecule has 0 radical (unpaired) electrons. The maximum Gasteiger partial charge on any atom is 0.338 e. The fourth-order valence-electron chi connectivity index (χ4n) is 2.72. The van der Waals surface area contributed by atoms with Crippen molar-refractivity contribution < 1.29 is 9.53 Å². The molecule has 1 N–H and O–H groups in total. The Morgan fingerprint density at radius 2 is 2.05 bits per heavy atom. The highest BCUT2D eigenvalue weighted by molar-refractivity contribution is 5.89. The van der Waals surface area contributed by atoms with E-state index in [9.17, 15) is 4.79 Å². The Balaban J connectivity index is 1.93.